The number of hydrogen-bond donors (Lipinski definition) is 2. The molecule has 0 aromatic heterocycles. The lowest BCUT2D eigenvalue weighted by Gasteiger charge is -2.30. The molecule has 122 valence electrons. The van der Waals surface area contributed by atoms with E-state index in [4.69, 9.17) is 11.5 Å². The molecule has 23 heavy (non-hydrogen) atoms. The molecule has 6 heteroatoms. The molecule has 0 saturated carbocycles. The molecule has 0 saturated heterocycles. The topological polar surface area (TPSA) is 55.3 Å². The van der Waals surface area contributed by atoms with Crippen LogP contribution < -0.4 is 11.5 Å². The summed E-state index contributed by atoms with van der Waals surface area (Å²) in [5.41, 5.74) is 15.6. The standard InChI is InChI=1S/C17H18F3N3/c18-17(19,20)13-4-1-11(2-5-13)9-23-8-7-14-12(10-23)3-6-15(21)16(14)22/h1-6H,7-10,21-22H2. The smallest absolute Gasteiger partial charge is 0.397 e. The van der Waals surface area contributed by atoms with Crippen molar-refractivity contribution in [1.29, 1.82) is 0 Å². The zero-order chi connectivity index (χ0) is 16.6. The molecule has 2 aromatic rings. The number of benzene rings is 2. The van der Waals surface area contributed by atoms with Crippen molar-refractivity contribution in [1.82, 2.24) is 4.90 Å². The van der Waals surface area contributed by atoms with Crippen LogP contribution in [0.3, 0.4) is 0 Å². The lowest BCUT2D eigenvalue weighted by molar-refractivity contribution is -0.137. The molecule has 1 heterocycles. The minimum Gasteiger partial charge on any atom is -0.397 e. The maximum Gasteiger partial charge on any atom is 0.416 e. The molecule has 0 fully saturated rings. The van der Waals surface area contributed by atoms with Crippen LogP contribution in [0, 0.1) is 0 Å². The van der Waals surface area contributed by atoms with Crippen molar-refractivity contribution in [3.8, 4) is 0 Å². The molecule has 1 aliphatic heterocycles. The third-order valence-electron chi connectivity index (χ3n) is 4.25. The highest BCUT2D eigenvalue weighted by molar-refractivity contribution is 5.69. The number of fused-ring (bicyclic) bond motifs is 1. The molecule has 0 bridgehead atoms. The number of nitrogens with zero attached hydrogens (tertiary/aromatic N) is 1. The van der Waals surface area contributed by atoms with Gasteiger partial charge in [0.05, 0.1) is 16.9 Å². The van der Waals surface area contributed by atoms with Crippen LogP contribution in [0.5, 0.6) is 0 Å². The normalized spacial score (nSPS) is 15.4. The number of hydrogen-bond acceptors (Lipinski definition) is 3. The van der Waals surface area contributed by atoms with Crippen LogP contribution in [0.15, 0.2) is 36.4 Å². The second-order valence-electron chi connectivity index (χ2n) is 5.86. The first-order chi connectivity index (χ1) is 10.8. The summed E-state index contributed by atoms with van der Waals surface area (Å²) in [6.45, 7) is 2.14. The predicted octanol–water partition coefficient (Wildman–Crippen LogP) is 3.43. The molecule has 4 N–H and O–H groups in total. The summed E-state index contributed by atoms with van der Waals surface area (Å²) in [5.74, 6) is 0. The van der Waals surface area contributed by atoms with E-state index in [1.165, 1.54) is 12.1 Å². The first kappa shape index (κ1) is 15.7. The van der Waals surface area contributed by atoms with E-state index in [-0.39, 0.29) is 0 Å². The minimum atomic E-state index is -4.29. The monoisotopic (exact) mass is 321 g/mol. The molecule has 2 aromatic carbocycles. The number of halogens is 3. The van der Waals surface area contributed by atoms with E-state index in [0.29, 0.717) is 17.9 Å². The van der Waals surface area contributed by atoms with E-state index in [1.807, 2.05) is 6.07 Å². The first-order valence-corrected chi connectivity index (χ1v) is 7.39. The lowest BCUT2D eigenvalue weighted by atomic mass is 9.96. The van der Waals surface area contributed by atoms with Crippen molar-refractivity contribution in [2.45, 2.75) is 25.7 Å². The Morgan fingerprint density at radius 2 is 1.70 bits per heavy atom. The van der Waals surface area contributed by atoms with Crippen molar-refractivity contribution in [2.24, 2.45) is 0 Å². The second kappa shape index (κ2) is 5.77. The van der Waals surface area contributed by atoms with Crippen LogP contribution in [-0.4, -0.2) is 11.4 Å². The van der Waals surface area contributed by atoms with E-state index in [0.717, 1.165) is 48.3 Å². The third-order valence-corrected chi connectivity index (χ3v) is 4.25. The van der Waals surface area contributed by atoms with Gasteiger partial charge >= 0.3 is 6.18 Å². The van der Waals surface area contributed by atoms with Crippen molar-refractivity contribution in [3.63, 3.8) is 0 Å². The maximum absolute atomic E-state index is 12.6. The van der Waals surface area contributed by atoms with Gasteiger partial charge in [-0.1, -0.05) is 18.2 Å². The number of rotatable bonds is 2. The summed E-state index contributed by atoms with van der Waals surface area (Å²) in [5, 5.41) is 0. The zero-order valence-corrected chi connectivity index (χ0v) is 12.5. The summed E-state index contributed by atoms with van der Waals surface area (Å²) < 4.78 is 37.7. The lowest BCUT2D eigenvalue weighted by Crippen LogP contribution is -2.30. The summed E-state index contributed by atoms with van der Waals surface area (Å²) >= 11 is 0. The van der Waals surface area contributed by atoms with Crippen LogP contribution in [0.25, 0.3) is 0 Å². The molecule has 0 atom stereocenters. The molecule has 0 aliphatic carbocycles. The quantitative estimate of drug-likeness (QED) is 0.833. The highest BCUT2D eigenvalue weighted by Crippen LogP contribution is 2.31. The molecular formula is C17H18F3N3. The van der Waals surface area contributed by atoms with Gasteiger partial charge in [0.25, 0.3) is 0 Å². The van der Waals surface area contributed by atoms with Crippen molar-refractivity contribution in [3.05, 3.63) is 58.7 Å². The number of alkyl halides is 3. The Hall–Kier alpha value is -2.21. The van der Waals surface area contributed by atoms with Gasteiger partial charge in [-0.25, -0.2) is 0 Å². The van der Waals surface area contributed by atoms with Crippen molar-refractivity contribution in [2.75, 3.05) is 18.0 Å². The molecule has 3 nitrogen and oxygen atoms in total. The fraction of sp³-hybridized carbons (Fsp3) is 0.294. The average molecular weight is 321 g/mol. The van der Waals surface area contributed by atoms with E-state index < -0.39 is 11.7 Å². The van der Waals surface area contributed by atoms with E-state index in [9.17, 15) is 13.2 Å². The summed E-state index contributed by atoms with van der Waals surface area (Å²) in [6.07, 6.45) is -3.49. The Morgan fingerprint density at radius 1 is 1.00 bits per heavy atom. The van der Waals surface area contributed by atoms with Crippen LogP contribution in [0.4, 0.5) is 24.5 Å². The van der Waals surface area contributed by atoms with E-state index >= 15 is 0 Å². The molecule has 3 rings (SSSR count). The van der Waals surface area contributed by atoms with Crippen LogP contribution in [0.2, 0.25) is 0 Å². The molecule has 1 aliphatic rings. The van der Waals surface area contributed by atoms with Crippen molar-refractivity contribution < 1.29 is 13.2 Å². The van der Waals surface area contributed by atoms with Gasteiger partial charge in [-0.05, 0) is 41.3 Å². The van der Waals surface area contributed by atoms with Gasteiger partial charge in [0, 0.05) is 19.6 Å². The fourth-order valence-corrected chi connectivity index (χ4v) is 2.95. The van der Waals surface area contributed by atoms with Crippen molar-refractivity contribution >= 4 is 11.4 Å². The van der Waals surface area contributed by atoms with Gasteiger partial charge in [-0.3, -0.25) is 4.90 Å². The molecule has 0 unspecified atom stereocenters. The third kappa shape index (κ3) is 3.27. The Labute approximate surface area is 132 Å². The second-order valence-corrected chi connectivity index (χ2v) is 5.86. The molecule has 0 radical (unpaired) electrons. The summed E-state index contributed by atoms with van der Waals surface area (Å²) in [7, 11) is 0. The predicted molar refractivity (Wildman–Crippen MR) is 84.5 cm³/mol. The Kier molecular flexibility index (Phi) is 3.93. The molecule has 0 amide bonds. The van der Waals surface area contributed by atoms with Crippen LogP contribution in [0.1, 0.15) is 22.3 Å². The summed E-state index contributed by atoms with van der Waals surface area (Å²) in [6, 6.07) is 9.11. The zero-order valence-electron chi connectivity index (χ0n) is 12.5. The first-order valence-electron chi connectivity index (χ1n) is 7.39. The van der Waals surface area contributed by atoms with E-state index in [1.54, 1.807) is 6.07 Å². The Balaban J connectivity index is 1.71. The maximum atomic E-state index is 12.6. The summed E-state index contributed by atoms with van der Waals surface area (Å²) in [4.78, 5) is 2.19. The van der Waals surface area contributed by atoms with Gasteiger partial charge in [0.15, 0.2) is 0 Å². The largest absolute Gasteiger partial charge is 0.416 e. The van der Waals surface area contributed by atoms with Crippen LogP contribution >= 0.6 is 0 Å². The Bertz CT molecular complexity index is 708. The Morgan fingerprint density at radius 3 is 2.35 bits per heavy atom. The molecule has 0 spiro atoms. The van der Waals surface area contributed by atoms with Gasteiger partial charge in [0.2, 0.25) is 0 Å². The number of nitrogens with two attached hydrogens (primary N) is 2. The average Bonchev–Trinajstić information content (AvgIpc) is 2.51. The highest BCUT2D eigenvalue weighted by atomic mass is 19.4. The van der Waals surface area contributed by atoms with E-state index in [2.05, 4.69) is 4.90 Å². The van der Waals surface area contributed by atoms with Gasteiger partial charge in [-0.2, -0.15) is 13.2 Å². The fourth-order valence-electron chi connectivity index (χ4n) is 2.95. The molecular weight excluding hydrogens is 303 g/mol. The van der Waals surface area contributed by atoms with Gasteiger partial charge in [0.1, 0.15) is 0 Å². The SMILES string of the molecule is Nc1ccc2c(c1N)CCN(Cc1ccc(C(F)(F)F)cc1)C2. The van der Waals surface area contributed by atoms with Gasteiger partial charge in [-0.15, -0.1) is 0 Å². The van der Waals surface area contributed by atoms with Crippen LogP contribution in [-0.2, 0) is 25.7 Å². The minimum absolute atomic E-state index is 0.597. The number of anilines is 2. The van der Waals surface area contributed by atoms with Gasteiger partial charge < -0.3 is 11.5 Å². The highest BCUT2D eigenvalue weighted by Gasteiger charge is 2.30. The number of nitrogen functional groups attached to an aromatic ring is 2.